The van der Waals surface area contributed by atoms with E-state index in [1.54, 1.807) is 10.8 Å². The highest BCUT2D eigenvalue weighted by molar-refractivity contribution is 6.89. The number of allylic oxidation sites excluding steroid dienone is 2. The fourth-order valence-electron chi connectivity index (χ4n) is 4.05. The van der Waals surface area contributed by atoms with Crippen LogP contribution in [0.5, 0.6) is 0 Å². The molecule has 26 heavy (non-hydrogen) atoms. The smallest absolute Gasteiger partial charge is 0.400 e. The van der Waals surface area contributed by atoms with Crippen molar-refractivity contribution in [2.45, 2.75) is 90.1 Å². The predicted octanol–water partition coefficient (Wildman–Crippen LogP) is 5.49. The highest BCUT2D eigenvalue weighted by Gasteiger charge is 2.52. The van der Waals surface area contributed by atoms with E-state index < -0.39 is 8.07 Å². The van der Waals surface area contributed by atoms with Gasteiger partial charge >= 0.3 is 7.12 Å². The molecule has 0 radical (unpaired) electrons. The molecule has 4 heteroatoms. The van der Waals surface area contributed by atoms with Crippen molar-refractivity contribution in [2.24, 2.45) is 0 Å². The van der Waals surface area contributed by atoms with Gasteiger partial charge in [-0.05, 0) is 65.3 Å². The molecule has 0 spiro atoms. The second-order valence-corrected chi connectivity index (χ2v) is 14.5. The molecule has 0 aromatic heterocycles. The third-order valence-corrected chi connectivity index (χ3v) is 10.2. The minimum absolute atomic E-state index is 0.159. The molecule has 3 rings (SSSR count). The minimum atomic E-state index is -1.46. The number of hydrogen-bond donors (Lipinski definition) is 0. The third-order valence-electron chi connectivity index (χ3n) is 6.77. The largest absolute Gasteiger partial charge is 0.490 e. The topological polar surface area (TPSA) is 18.5 Å². The normalized spacial score (nSPS) is 22.1. The molecule has 0 atom stereocenters. The molecule has 1 aliphatic heterocycles. The Balaban J connectivity index is 1.80. The van der Waals surface area contributed by atoms with E-state index in [1.807, 2.05) is 0 Å². The predicted molar refractivity (Wildman–Crippen MR) is 115 cm³/mol. The summed E-state index contributed by atoms with van der Waals surface area (Å²) in [6, 6.07) is 12.3. The molecule has 0 N–H and O–H groups in total. The zero-order valence-corrected chi connectivity index (χ0v) is 18.5. The maximum atomic E-state index is 6.44. The zero-order chi connectivity index (χ0) is 19.0. The fourth-order valence-corrected chi connectivity index (χ4v) is 6.33. The summed E-state index contributed by atoms with van der Waals surface area (Å²) in [4.78, 5) is 0. The van der Waals surface area contributed by atoms with Crippen LogP contribution in [0.4, 0.5) is 0 Å². The lowest BCUT2D eigenvalue weighted by Crippen LogP contribution is -2.41. The Morgan fingerprint density at radius 3 is 2.04 bits per heavy atom. The number of hydrogen-bond acceptors (Lipinski definition) is 2. The Kier molecular flexibility index (Phi) is 5.58. The monoisotopic (exact) mass is 370 g/mol. The standard InChI is InChI=1S/C22H35BO2Si/c1-21(2)22(3,4)25-23(24-21)20(18-12-10-11-13-18)16-17-26(5,6)19-14-8-7-9-15-19/h7-9,14-15H,10-13,16-17H2,1-6H3. The Morgan fingerprint density at radius 1 is 0.962 bits per heavy atom. The fraction of sp³-hybridized carbons (Fsp3) is 0.636. The Labute approximate surface area is 161 Å². The summed E-state index contributed by atoms with van der Waals surface area (Å²) >= 11 is 0. The molecule has 142 valence electrons. The average molecular weight is 370 g/mol. The van der Waals surface area contributed by atoms with Gasteiger partial charge < -0.3 is 9.31 Å². The number of rotatable bonds is 5. The van der Waals surface area contributed by atoms with Crippen LogP contribution in [0.25, 0.3) is 0 Å². The molecular formula is C22H35BO2Si. The molecule has 2 aliphatic rings. The summed E-state index contributed by atoms with van der Waals surface area (Å²) in [6.45, 7) is 13.6. The second kappa shape index (κ2) is 7.29. The Hall–Kier alpha value is -0.838. The molecule has 0 amide bonds. The van der Waals surface area contributed by atoms with Crippen molar-refractivity contribution >= 4 is 20.4 Å². The van der Waals surface area contributed by atoms with Gasteiger partial charge in [-0.1, -0.05) is 60.2 Å². The summed E-state index contributed by atoms with van der Waals surface area (Å²) in [6.07, 6.45) is 6.20. The van der Waals surface area contributed by atoms with E-state index in [-0.39, 0.29) is 18.3 Å². The van der Waals surface area contributed by atoms with Gasteiger partial charge in [-0.2, -0.15) is 0 Å². The lowest BCUT2D eigenvalue weighted by molar-refractivity contribution is 0.00578. The van der Waals surface area contributed by atoms with Crippen molar-refractivity contribution in [1.82, 2.24) is 0 Å². The SMILES string of the molecule is CC1(C)OB(C(CC[Si](C)(C)c2ccccc2)=C2CCCC2)OC1(C)C. The van der Waals surface area contributed by atoms with Crippen molar-refractivity contribution in [3.8, 4) is 0 Å². The van der Waals surface area contributed by atoms with Crippen LogP contribution in [-0.4, -0.2) is 26.4 Å². The molecule has 0 bridgehead atoms. The summed E-state index contributed by atoms with van der Waals surface area (Å²) in [5, 5.41) is 1.55. The summed E-state index contributed by atoms with van der Waals surface area (Å²) in [5.74, 6) is 0. The lowest BCUT2D eigenvalue weighted by Gasteiger charge is -2.32. The van der Waals surface area contributed by atoms with Crippen molar-refractivity contribution in [3.05, 3.63) is 41.4 Å². The van der Waals surface area contributed by atoms with Gasteiger partial charge in [0.2, 0.25) is 0 Å². The Bertz CT molecular complexity index is 640. The van der Waals surface area contributed by atoms with Gasteiger partial charge in [0.05, 0.1) is 19.3 Å². The van der Waals surface area contributed by atoms with E-state index in [9.17, 15) is 0 Å². The first kappa shape index (κ1) is 19.9. The van der Waals surface area contributed by atoms with Crippen LogP contribution < -0.4 is 5.19 Å². The van der Waals surface area contributed by atoms with E-state index in [0.29, 0.717) is 0 Å². The molecule has 1 saturated heterocycles. The highest BCUT2D eigenvalue weighted by Crippen LogP contribution is 2.42. The van der Waals surface area contributed by atoms with E-state index in [0.717, 1.165) is 6.42 Å². The van der Waals surface area contributed by atoms with Crippen molar-refractivity contribution < 1.29 is 9.31 Å². The zero-order valence-electron chi connectivity index (χ0n) is 17.5. The van der Waals surface area contributed by atoms with E-state index in [2.05, 4.69) is 71.1 Å². The van der Waals surface area contributed by atoms with E-state index >= 15 is 0 Å². The molecule has 2 nitrogen and oxygen atoms in total. The molecule has 1 saturated carbocycles. The van der Waals surface area contributed by atoms with Gasteiger partial charge in [-0.25, -0.2) is 0 Å². The number of benzene rings is 1. The van der Waals surface area contributed by atoms with Crippen molar-refractivity contribution in [1.29, 1.82) is 0 Å². The van der Waals surface area contributed by atoms with Gasteiger partial charge in [-0.3, -0.25) is 0 Å². The second-order valence-electron chi connectivity index (χ2n) is 9.67. The van der Waals surface area contributed by atoms with Crippen LogP contribution in [0.1, 0.15) is 59.8 Å². The molecule has 1 heterocycles. The van der Waals surface area contributed by atoms with Gasteiger partial charge in [-0.15, -0.1) is 0 Å². The van der Waals surface area contributed by atoms with Crippen molar-refractivity contribution in [3.63, 3.8) is 0 Å². The van der Waals surface area contributed by atoms with Crippen LogP contribution in [0.3, 0.4) is 0 Å². The molecular weight excluding hydrogens is 335 g/mol. The van der Waals surface area contributed by atoms with Crippen LogP contribution in [0.2, 0.25) is 19.1 Å². The quantitative estimate of drug-likeness (QED) is 0.638. The maximum Gasteiger partial charge on any atom is 0.490 e. The highest BCUT2D eigenvalue weighted by atomic mass is 28.3. The third kappa shape index (κ3) is 4.03. The minimum Gasteiger partial charge on any atom is -0.400 e. The van der Waals surface area contributed by atoms with Gasteiger partial charge in [0, 0.05) is 0 Å². The molecule has 1 aliphatic carbocycles. The van der Waals surface area contributed by atoms with Gasteiger partial charge in [0.25, 0.3) is 0 Å². The van der Waals surface area contributed by atoms with Crippen LogP contribution in [-0.2, 0) is 9.31 Å². The first-order valence-electron chi connectivity index (χ1n) is 10.2. The first-order chi connectivity index (χ1) is 12.1. The maximum absolute atomic E-state index is 6.44. The first-order valence-corrected chi connectivity index (χ1v) is 13.5. The van der Waals surface area contributed by atoms with Crippen LogP contribution in [0.15, 0.2) is 41.4 Å². The van der Waals surface area contributed by atoms with Crippen molar-refractivity contribution in [2.75, 3.05) is 0 Å². The summed E-state index contributed by atoms with van der Waals surface area (Å²) < 4.78 is 12.9. The molecule has 1 aromatic carbocycles. The Morgan fingerprint density at radius 2 is 1.50 bits per heavy atom. The summed E-state index contributed by atoms with van der Waals surface area (Å²) in [7, 11) is -1.62. The van der Waals surface area contributed by atoms with Gasteiger partial charge in [0.15, 0.2) is 0 Å². The summed E-state index contributed by atoms with van der Waals surface area (Å²) in [5.41, 5.74) is 2.56. The van der Waals surface area contributed by atoms with E-state index in [1.165, 1.54) is 37.2 Å². The van der Waals surface area contributed by atoms with E-state index in [4.69, 9.17) is 9.31 Å². The van der Waals surface area contributed by atoms with Crippen LogP contribution in [0, 0.1) is 0 Å². The van der Waals surface area contributed by atoms with Gasteiger partial charge in [0.1, 0.15) is 0 Å². The molecule has 1 aromatic rings. The average Bonchev–Trinajstić information content (AvgIpc) is 3.15. The molecule has 0 unspecified atom stereocenters. The molecule has 2 fully saturated rings. The van der Waals surface area contributed by atoms with Crippen LogP contribution >= 0.6 is 0 Å². The lowest BCUT2D eigenvalue weighted by atomic mass is 9.73.